The maximum atomic E-state index is 11.0. The standard InChI is InChI=1S/C16H26O/c1-12-7-8-13-14(16(12,4)10-11-17)6-5-9-15(13,2)3/h11-12H,5-10H2,1-4H3/t12-,16+/m1/s1. The van der Waals surface area contributed by atoms with Crippen molar-refractivity contribution in [2.75, 3.05) is 0 Å². The maximum Gasteiger partial charge on any atom is 0.120 e. The molecule has 0 spiro atoms. The van der Waals surface area contributed by atoms with Crippen molar-refractivity contribution in [1.29, 1.82) is 0 Å². The highest BCUT2D eigenvalue weighted by Gasteiger charge is 2.43. The van der Waals surface area contributed by atoms with Crippen molar-refractivity contribution in [3.63, 3.8) is 0 Å². The summed E-state index contributed by atoms with van der Waals surface area (Å²) in [6.45, 7) is 9.43. The van der Waals surface area contributed by atoms with E-state index in [1.54, 1.807) is 11.1 Å². The molecule has 2 aliphatic rings. The van der Waals surface area contributed by atoms with E-state index >= 15 is 0 Å². The molecule has 96 valence electrons. The van der Waals surface area contributed by atoms with Gasteiger partial charge in [-0.2, -0.15) is 0 Å². The molecule has 0 heterocycles. The van der Waals surface area contributed by atoms with Gasteiger partial charge in [-0.15, -0.1) is 0 Å². The molecule has 0 fully saturated rings. The van der Waals surface area contributed by atoms with Crippen molar-refractivity contribution in [3.8, 4) is 0 Å². The third-order valence-electron chi connectivity index (χ3n) is 5.52. The van der Waals surface area contributed by atoms with E-state index in [2.05, 4.69) is 27.7 Å². The third-order valence-corrected chi connectivity index (χ3v) is 5.52. The summed E-state index contributed by atoms with van der Waals surface area (Å²) in [7, 11) is 0. The van der Waals surface area contributed by atoms with Gasteiger partial charge in [-0.3, -0.25) is 0 Å². The first-order valence-corrected chi connectivity index (χ1v) is 7.08. The molecule has 0 aromatic heterocycles. The van der Waals surface area contributed by atoms with Crippen LogP contribution in [0.3, 0.4) is 0 Å². The predicted octanol–water partition coefficient (Wildman–Crippen LogP) is 4.52. The molecule has 17 heavy (non-hydrogen) atoms. The third kappa shape index (κ3) is 1.98. The summed E-state index contributed by atoms with van der Waals surface area (Å²) in [6.07, 6.45) is 8.21. The predicted molar refractivity (Wildman–Crippen MR) is 71.8 cm³/mol. The summed E-state index contributed by atoms with van der Waals surface area (Å²) in [6, 6.07) is 0. The molecular formula is C16H26O. The largest absolute Gasteiger partial charge is 0.303 e. The lowest BCUT2D eigenvalue weighted by molar-refractivity contribution is -0.110. The Morgan fingerprint density at radius 2 is 1.94 bits per heavy atom. The van der Waals surface area contributed by atoms with Crippen LogP contribution in [0.5, 0.6) is 0 Å². The zero-order valence-corrected chi connectivity index (χ0v) is 11.8. The van der Waals surface area contributed by atoms with E-state index in [0.29, 0.717) is 17.8 Å². The van der Waals surface area contributed by atoms with Crippen LogP contribution in [0.15, 0.2) is 11.1 Å². The van der Waals surface area contributed by atoms with Gasteiger partial charge >= 0.3 is 0 Å². The molecule has 0 saturated heterocycles. The molecule has 2 rings (SSSR count). The van der Waals surface area contributed by atoms with E-state index in [-0.39, 0.29) is 5.41 Å². The molecule has 0 unspecified atom stereocenters. The molecule has 0 saturated carbocycles. The topological polar surface area (TPSA) is 17.1 Å². The van der Waals surface area contributed by atoms with Crippen molar-refractivity contribution in [2.24, 2.45) is 16.7 Å². The molecule has 1 nitrogen and oxygen atoms in total. The van der Waals surface area contributed by atoms with Crippen molar-refractivity contribution in [2.45, 2.75) is 66.2 Å². The van der Waals surface area contributed by atoms with Crippen molar-refractivity contribution in [3.05, 3.63) is 11.1 Å². The second-order valence-electron chi connectivity index (χ2n) is 6.92. The Balaban J connectivity index is 2.47. The molecular weight excluding hydrogens is 208 g/mol. The van der Waals surface area contributed by atoms with Gasteiger partial charge in [-0.1, -0.05) is 38.8 Å². The Morgan fingerprint density at radius 3 is 2.59 bits per heavy atom. The minimum atomic E-state index is 0.146. The zero-order chi connectivity index (χ0) is 12.7. The second kappa shape index (κ2) is 4.26. The van der Waals surface area contributed by atoms with Gasteiger partial charge in [0.1, 0.15) is 6.29 Å². The first kappa shape index (κ1) is 12.9. The van der Waals surface area contributed by atoms with Gasteiger partial charge in [0, 0.05) is 6.42 Å². The van der Waals surface area contributed by atoms with Crippen LogP contribution in [0.1, 0.15) is 66.2 Å². The smallest absolute Gasteiger partial charge is 0.120 e. The number of aldehydes is 1. The van der Waals surface area contributed by atoms with Gasteiger partial charge in [0.2, 0.25) is 0 Å². The van der Waals surface area contributed by atoms with Crippen LogP contribution in [-0.2, 0) is 4.79 Å². The van der Waals surface area contributed by atoms with E-state index in [9.17, 15) is 4.79 Å². The van der Waals surface area contributed by atoms with E-state index in [1.165, 1.54) is 32.1 Å². The van der Waals surface area contributed by atoms with Crippen LogP contribution < -0.4 is 0 Å². The molecule has 0 aliphatic heterocycles. The summed E-state index contributed by atoms with van der Waals surface area (Å²) in [5.41, 5.74) is 3.84. The molecule has 2 atom stereocenters. The zero-order valence-electron chi connectivity index (χ0n) is 11.8. The fourth-order valence-electron chi connectivity index (χ4n) is 4.01. The van der Waals surface area contributed by atoms with Crippen LogP contribution in [0.25, 0.3) is 0 Å². The van der Waals surface area contributed by atoms with Crippen LogP contribution in [0.4, 0.5) is 0 Å². The molecule has 0 aromatic carbocycles. The van der Waals surface area contributed by atoms with E-state index in [4.69, 9.17) is 0 Å². The first-order valence-electron chi connectivity index (χ1n) is 7.08. The van der Waals surface area contributed by atoms with E-state index in [1.807, 2.05) is 0 Å². The highest BCUT2D eigenvalue weighted by atomic mass is 16.1. The normalized spacial score (nSPS) is 36.6. The summed E-state index contributed by atoms with van der Waals surface area (Å²) in [5, 5.41) is 0. The Bertz CT molecular complexity index is 351. The highest BCUT2D eigenvalue weighted by Crippen LogP contribution is 2.55. The van der Waals surface area contributed by atoms with E-state index < -0.39 is 0 Å². The van der Waals surface area contributed by atoms with Crippen LogP contribution >= 0.6 is 0 Å². The summed E-state index contributed by atoms with van der Waals surface area (Å²) < 4.78 is 0. The number of carbonyl (C=O) groups excluding carboxylic acids is 1. The minimum Gasteiger partial charge on any atom is -0.303 e. The lowest BCUT2D eigenvalue weighted by atomic mass is 9.56. The molecule has 0 bridgehead atoms. The Kier molecular flexibility index (Phi) is 3.22. The first-order chi connectivity index (χ1) is 7.92. The molecule has 0 N–H and O–H groups in total. The maximum absolute atomic E-state index is 11.0. The lowest BCUT2D eigenvalue weighted by Crippen LogP contribution is -2.37. The number of rotatable bonds is 2. The average molecular weight is 234 g/mol. The SMILES string of the molecule is C[C@@H]1CCC2=C(CCCC2(C)C)[C@@]1(C)CC=O. The summed E-state index contributed by atoms with van der Waals surface area (Å²) in [4.78, 5) is 11.0. The highest BCUT2D eigenvalue weighted by molar-refractivity contribution is 5.53. The molecule has 0 amide bonds. The average Bonchev–Trinajstić information content (AvgIpc) is 2.24. The minimum absolute atomic E-state index is 0.146. The number of carbonyl (C=O) groups is 1. The Morgan fingerprint density at radius 1 is 1.24 bits per heavy atom. The quantitative estimate of drug-likeness (QED) is 0.507. The van der Waals surface area contributed by atoms with Gasteiger partial charge < -0.3 is 4.79 Å². The number of hydrogen-bond acceptors (Lipinski definition) is 1. The van der Waals surface area contributed by atoms with E-state index in [0.717, 1.165) is 6.29 Å². The molecule has 0 aromatic rings. The van der Waals surface area contributed by atoms with Gasteiger partial charge in [-0.05, 0) is 48.9 Å². The van der Waals surface area contributed by atoms with Crippen LogP contribution in [-0.4, -0.2) is 6.29 Å². The van der Waals surface area contributed by atoms with Gasteiger partial charge in [0.15, 0.2) is 0 Å². The van der Waals surface area contributed by atoms with Crippen molar-refractivity contribution >= 4 is 6.29 Å². The van der Waals surface area contributed by atoms with Crippen LogP contribution in [0, 0.1) is 16.7 Å². The second-order valence-corrected chi connectivity index (χ2v) is 6.92. The fraction of sp³-hybridized carbons (Fsp3) is 0.812. The molecule has 2 aliphatic carbocycles. The van der Waals surface area contributed by atoms with Crippen LogP contribution in [0.2, 0.25) is 0 Å². The molecule has 0 radical (unpaired) electrons. The van der Waals surface area contributed by atoms with Gasteiger partial charge in [-0.25, -0.2) is 0 Å². The van der Waals surface area contributed by atoms with Gasteiger partial charge in [0.25, 0.3) is 0 Å². The number of allylic oxidation sites excluding steroid dienone is 2. The Labute approximate surface area is 106 Å². The fourth-order valence-corrected chi connectivity index (χ4v) is 4.01. The van der Waals surface area contributed by atoms with Gasteiger partial charge in [0.05, 0.1) is 0 Å². The lowest BCUT2D eigenvalue weighted by Gasteiger charge is -2.49. The van der Waals surface area contributed by atoms with Crippen molar-refractivity contribution in [1.82, 2.24) is 0 Å². The Hall–Kier alpha value is -0.590. The summed E-state index contributed by atoms with van der Waals surface area (Å²) >= 11 is 0. The summed E-state index contributed by atoms with van der Waals surface area (Å²) in [5.74, 6) is 0.653. The van der Waals surface area contributed by atoms with Crippen molar-refractivity contribution < 1.29 is 4.79 Å². The molecule has 1 heteroatoms. The monoisotopic (exact) mass is 234 g/mol. The number of hydrogen-bond donors (Lipinski definition) is 0.